The Morgan fingerprint density at radius 1 is 1.40 bits per heavy atom. The molecule has 1 N–H and O–H groups in total. The molecule has 0 unspecified atom stereocenters. The molecule has 0 aliphatic carbocycles. The lowest BCUT2D eigenvalue weighted by atomic mass is 10.1. The van der Waals surface area contributed by atoms with Crippen molar-refractivity contribution in [2.45, 2.75) is 0 Å². The van der Waals surface area contributed by atoms with Gasteiger partial charge in [0.1, 0.15) is 12.4 Å². The Hall–Kier alpha value is -1.30. The van der Waals surface area contributed by atoms with Gasteiger partial charge in [-0.15, -0.1) is 0 Å². The Morgan fingerprint density at radius 2 is 2.15 bits per heavy atom. The van der Waals surface area contributed by atoms with Gasteiger partial charge in [-0.1, -0.05) is 11.6 Å². The van der Waals surface area contributed by atoms with Crippen molar-refractivity contribution in [3.05, 3.63) is 28.8 Å². The van der Waals surface area contributed by atoms with Gasteiger partial charge in [0, 0.05) is 32.3 Å². The number of methoxy groups -OCH3 is 1. The number of hydrogen-bond acceptors (Lipinski definition) is 4. The molecule has 0 radical (unpaired) electrons. The normalized spacial score (nSPS) is 10.4. The van der Waals surface area contributed by atoms with Crippen molar-refractivity contribution < 1.29 is 14.3 Å². The van der Waals surface area contributed by atoms with Crippen molar-refractivity contribution >= 4 is 17.5 Å². The average Bonchev–Trinajstić information content (AvgIpc) is 2.45. The van der Waals surface area contributed by atoms with Crippen molar-refractivity contribution in [3.63, 3.8) is 0 Å². The zero-order chi connectivity index (χ0) is 15.0. The molecule has 1 amide bonds. The summed E-state index contributed by atoms with van der Waals surface area (Å²) >= 11 is 5.97. The minimum absolute atomic E-state index is 0.116. The molecule has 0 aliphatic heterocycles. The highest BCUT2D eigenvalue weighted by Gasteiger charge is 2.17. The van der Waals surface area contributed by atoms with E-state index in [2.05, 4.69) is 5.32 Å². The summed E-state index contributed by atoms with van der Waals surface area (Å²) in [5, 5.41) is 3.51. The molecular formula is C14H21ClN2O3. The first kappa shape index (κ1) is 16.8. The monoisotopic (exact) mass is 300 g/mol. The van der Waals surface area contributed by atoms with E-state index < -0.39 is 0 Å². The Labute approximate surface area is 124 Å². The van der Waals surface area contributed by atoms with Gasteiger partial charge in [-0.05, 0) is 25.2 Å². The zero-order valence-electron chi connectivity index (χ0n) is 12.1. The van der Waals surface area contributed by atoms with Gasteiger partial charge in [0.25, 0.3) is 5.91 Å². The first-order chi connectivity index (χ1) is 9.60. The van der Waals surface area contributed by atoms with Crippen LogP contribution in [0.1, 0.15) is 10.4 Å². The highest BCUT2D eigenvalue weighted by Crippen LogP contribution is 2.24. The highest BCUT2D eigenvalue weighted by atomic mass is 35.5. The number of halogens is 1. The Balaban J connectivity index is 2.84. The van der Waals surface area contributed by atoms with E-state index in [4.69, 9.17) is 21.1 Å². The van der Waals surface area contributed by atoms with Crippen molar-refractivity contribution in [3.8, 4) is 5.75 Å². The zero-order valence-corrected chi connectivity index (χ0v) is 12.9. The molecule has 0 saturated carbocycles. The van der Waals surface area contributed by atoms with Crippen LogP contribution in [0.25, 0.3) is 0 Å². The number of ether oxygens (including phenoxy) is 2. The number of hydrogen-bond donors (Lipinski definition) is 1. The van der Waals surface area contributed by atoms with Gasteiger partial charge in [-0.3, -0.25) is 4.79 Å². The van der Waals surface area contributed by atoms with E-state index in [-0.39, 0.29) is 5.91 Å². The first-order valence-corrected chi connectivity index (χ1v) is 6.79. The fourth-order valence-electron chi connectivity index (χ4n) is 1.62. The fourth-order valence-corrected chi connectivity index (χ4v) is 1.79. The number of rotatable bonds is 8. The number of likely N-dealkylation sites (N-methyl/N-ethyl adjacent to an activating group) is 2. The molecule has 0 heterocycles. The first-order valence-electron chi connectivity index (χ1n) is 6.41. The summed E-state index contributed by atoms with van der Waals surface area (Å²) in [7, 11) is 5.19. The molecule has 5 nitrogen and oxygen atoms in total. The van der Waals surface area contributed by atoms with Crippen molar-refractivity contribution in [2.75, 3.05) is 47.5 Å². The molecule has 0 bridgehead atoms. The lowest BCUT2D eigenvalue weighted by Gasteiger charge is -2.19. The molecule has 0 spiro atoms. The van der Waals surface area contributed by atoms with E-state index in [0.29, 0.717) is 36.1 Å². The fraction of sp³-hybridized carbons (Fsp3) is 0.500. The van der Waals surface area contributed by atoms with Crippen LogP contribution in [-0.2, 0) is 4.74 Å². The summed E-state index contributed by atoms with van der Waals surface area (Å²) < 4.78 is 10.5. The largest absolute Gasteiger partial charge is 0.490 e. The van der Waals surface area contributed by atoms with Crippen molar-refractivity contribution in [1.82, 2.24) is 10.2 Å². The molecule has 0 atom stereocenters. The van der Waals surface area contributed by atoms with Crippen LogP contribution in [-0.4, -0.2) is 58.3 Å². The molecule has 1 aromatic carbocycles. The molecule has 20 heavy (non-hydrogen) atoms. The maximum Gasteiger partial charge on any atom is 0.257 e. The molecule has 1 rings (SSSR count). The number of carbonyl (C=O) groups excluding carboxylic acids is 1. The van der Waals surface area contributed by atoms with Crippen LogP contribution in [0.3, 0.4) is 0 Å². The molecular weight excluding hydrogens is 280 g/mol. The maximum absolute atomic E-state index is 12.4. The minimum Gasteiger partial charge on any atom is -0.490 e. The standard InChI is InChI=1S/C14H21ClN2O3/c1-16-6-7-17(2)14(18)12-10-11(15)4-5-13(12)20-9-8-19-3/h4-5,10,16H,6-9H2,1-3H3. The summed E-state index contributed by atoms with van der Waals surface area (Å²) in [6, 6.07) is 5.03. The number of carbonyl (C=O) groups is 1. The summed E-state index contributed by atoms with van der Waals surface area (Å²) in [6.45, 7) is 2.19. The van der Waals surface area contributed by atoms with Gasteiger partial charge in [-0.2, -0.15) is 0 Å². The topological polar surface area (TPSA) is 50.8 Å². The van der Waals surface area contributed by atoms with Gasteiger partial charge < -0.3 is 19.7 Å². The van der Waals surface area contributed by atoms with Crippen LogP contribution in [0.4, 0.5) is 0 Å². The van der Waals surface area contributed by atoms with E-state index in [1.165, 1.54) is 0 Å². The quantitative estimate of drug-likeness (QED) is 0.742. The van der Waals surface area contributed by atoms with Crippen molar-refractivity contribution in [2.24, 2.45) is 0 Å². The molecule has 6 heteroatoms. The predicted octanol–water partition coefficient (Wildman–Crippen LogP) is 1.66. The minimum atomic E-state index is -0.116. The summed E-state index contributed by atoms with van der Waals surface area (Å²) in [5.74, 6) is 0.405. The lowest BCUT2D eigenvalue weighted by molar-refractivity contribution is 0.0789. The Bertz CT molecular complexity index is 440. The number of nitrogens with one attached hydrogen (secondary N) is 1. The van der Waals surface area contributed by atoms with Crippen LogP contribution < -0.4 is 10.1 Å². The molecule has 0 aromatic heterocycles. The third kappa shape index (κ3) is 5.00. The molecule has 1 aromatic rings. The molecule has 0 aliphatic rings. The van der Waals surface area contributed by atoms with Crippen molar-refractivity contribution in [1.29, 1.82) is 0 Å². The Kier molecular flexibility index (Phi) is 7.36. The van der Waals surface area contributed by atoms with Crippen LogP contribution in [0.2, 0.25) is 5.02 Å². The highest BCUT2D eigenvalue weighted by molar-refractivity contribution is 6.31. The second-order valence-electron chi connectivity index (χ2n) is 4.31. The van der Waals surface area contributed by atoms with Crippen LogP contribution in [0, 0.1) is 0 Å². The van der Waals surface area contributed by atoms with E-state index in [1.807, 2.05) is 7.05 Å². The predicted molar refractivity (Wildman–Crippen MR) is 79.7 cm³/mol. The van der Waals surface area contributed by atoms with Crippen LogP contribution >= 0.6 is 11.6 Å². The molecule has 112 valence electrons. The van der Waals surface area contributed by atoms with Gasteiger partial charge >= 0.3 is 0 Å². The third-order valence-corrected chi connectivity index (χ3v) is 3.00. The van der Waals surface area contributed by atoms with Gasteiger partial charge in [0.15, 0.2) is 0 Å². The summed E-state index contributed by atoms with van der Waals surface area (Å²) in [5.41, 5.74) is 0.465. The van der Waals surface area contributed by atoms with Gasteiger partial charge in [0.05, 0.1) is 12.2 Å². The van der Waals surface area contributed by atoms with E-state index in [0.717, 1.165) is 6.54 Å². The van der Waals surface area contributed by atoms with Gasteiger partial charge in [-0.25, -0.2) is 0 Å². The van der Waals surface area contributed by atoms with Crippen LogP contribution in [0.15, 0.2) is 18.2 Å². The smallest absolute Gasteiger partial charge is 0.257 e. The third-order valence-electron chi connectivity index (χ3n) is 2.76. The second-order valence-corrected chi connectivity index (χ2v) is 4.75. The summed E-state index contributed by atoms with van der Waals surface area (Å²) in [6.07, 6.45) is 0. The number of nitrogens with zero attached hydrogens (tertiary/aromatic N) is 1. The lowest BCUT2D eigenvalue weighted by Crippen LogP contribution is -2.33. The van der Waals surface area contributed by atoms with E-state index >= 15 is 0 Å². The SMILES string of the molecule is CNCCN(C)C(=O)c1cc(Cl)ccc1OCCOC. The average molecular weight is 301 g/mol. The Morgan fingerprint density at radius 3 is 2.80 bits per heavy atom. The van der Waals surface area contributed by atoms with Crippen LogP contribution in [0.5, 0.6) is 5.75 Å². The number of amides is 1. The van der Waals surface area contributed by atoms with E-state index in [1.54, 1.807) is 37.3 Å². The molecule has 0 fully saturated rings. The second kappa shape index (κ2) is 8.79. The number of benzene rings is 1. The molecule has 0 saturated heterocycles. The maximum atomic E-state index is 12.4. The van der Waals surface area contributed by atoms with Gasteiger partial charge in [0.2, 0.25) is 0 Å². The van der Waals surface area contributed by atoms with E-state index in [9.17, 15) is 4.79 Å². The summed E-state index contributed by atoms with van der Waals surface area (Å²) in [4.78, 5) is 14.0.